The van der Waals surface area contributed by atoms with Crippen molar-refractivity contribution in [3.05, 3.63) is 76.2 Å². The highest BCUT2D eigenvalue weighted by atomic mass is 16.5. The van der Waals surface area contributed by atoms with Gasteiger partial charge in [-0.05, 0) is 69.0 Å². The van der Waals surface area contributed by atoms with E-state index in [9.17, 15) is 4.79 Å². The number of rotatable bonds is 8. The number of nitrogens with zero attached hydrogens (tertiary/aromatic N) is 6. The minimum atomic E-state index is -0.168. The minimum absolute atomic E-state index is 0.168. The van der Waals surface area contributed by atoms with Gasteiger partial charge in [-0.2, -0.15) is 9.97 Å². The highest BCUT2D eigenvalue weighted by molar-refractivity contribution is 5.77. The molecule has 0 unspecified atom stereocenters. The summed E-state index contributed by atoms with van der Waals surface area (Å²) >= 11 is 0. The third kappa shape index (κ3) is 4.16. The smallest absolute Gasteiger partial charge is 0.278 e. The van der Waals surface area contributed by atoms with E-state index in [4.69, 9.17) is 9.72 Å². The van der Waals surface area contributed by atoms with Crippen LogP contribution in [0.3, 0.4) is 0 Å². The van der Waals surface area contributed by atoms with E-state index in [1.54, 1.807) is 15.6 Å². The first-order valence-electron chi connectivity index (χ1n) is 13.4. The second-order valence-corrected chi connectivity index (χ2v) is 10.1. The number of ether oxygens (including phenoxy) is 1. The molecule has 0 bridgehead atoms. The van der Waals surface area contributed by atoms with Gasteiger partial charge in [-0.3, -0.25) is 9.69 Å². The highest BCUT2D eigenvalue weighted by Crippen LogP contribution is 2.53. The van der Waals surface area contributed by atoms with Crippen molar-refractivity contribution >= 4 is 22.7 Å². The summed E-state index contributed by atoms with van der Waals surface area (Å²) in [6.07, 6.45) is 9.79. The van der Waals surface area contributed by atoms with Gasteiger partial charge in [-0.1, -0.05) is 31.2 Å². The Kier molecular flexibility index (Phi) is 6.23. The number of pyridine rings is 1. The zero-order chi connectivity index (χ0) is 26.3. The van der Waals surface area contributed by atoms with Gasteiger partial charge >= 0.3 is 0 Å². The lowest BCUT2D eigenvalue weighted by Gasteiger charge is -2.35. The van der Waals surface area contributed by atoms with Crippen LogP contribution >= 0.6 is 0 Å². The van der Waals surface area contributed by atoms with E-state index in [2.05, 4.69) is 52.4 Å². The Morgan fingerprint density at radius 2 is 2.05 bits per heavy atom. The molecule has 9 nitrogen and oxygen atoms in total. The molecule has 1 aromatic carbocycles. The van der Waals surface area contributed by atoms with Crippen LogP contribution in [0.15, 0.2) is 59.5 Å². The summed E-state index contributed by atoms with van der Waals surface area (Å²) in [4.78, 5) is 29.8. The lowest BCUT2D eigenvalue weighted by Crippen LogP contribution is -2.38. The number of benzene rings is 1. The molecule has 0 saturated heterocycles. The number of hydrogen-bond donors (Lipinski definition) is 1. The summed E-state index contributed by atoms with van der Waals surface area (Å²) in [7, 11) is 2.22. The molecule has 0 radical (unpaired) electrons. The second kappa shape index (κ2) is 9.72. The summed E-state index contributed by atoms with van der Waals surface area (Å²) < 4.78 is 9.14. The summed E-state index contributed by atoms with van der Waals surface area (Å²) in [5, 5.41) is 3.83. The van der Waals surface area contributed by atoms with Crippen LogP contribution in [-0.2, 0) is 18.5 Å². The quantitative estimate of drug-likeness (QED) is 0.347. The Morgan fingerprint density at radius 3 is 2.84 bits per heavy atom. The molecule has 1 spiro atoms. The van der Waals surface area contributed by atoms with Gasteiger partial charge in [-0.15, -0.1) is 0 Å². The largest absolute Gasteiger partial charge is 0.478 e. The molecule has 1 N–H and O–H groups in total. The van der Waals surface area contributed by atoms with E-state index in [0.29, 0.717) is 41.8 Å². The van der Waals surface area contributed by atoms with E-state index < -0.39 is 0 Å². The lowest BCUT2D eigenvalue weighted by atomic mass is 9.90. The maximum absolute atomic E-state index is 13.4. The van der Waals surface area contributed by atoms with Gasteiger partial charge in [0.1, 0.15) is 5.39 Å². The van der Waals surface area contributed by atoms with Gasteiger partial charge in [0.15, 0.2) is 11.5 Å². The Labute approximate surface area is 221 Å². The topological polar surface area (TPSA) is 90.1 Å². The standard InChI is InChI=1S/C29H33N7O2/c1-4-6-15-35-27(37)22-19-30-28(33-26(22)36(35)24-8-7-9-25(32-24)38-17-5-2)31-21-11-10-20-12-16-34(3)29(13-14-29)23(20)18-21/h4,6-11,18-19H,5,12-17H2,1-3H3,(H,30,31,33)/b6-4-. The molecule has 38 heavy (non-hydrogen) atoms. The average Bonchev–Trinajstić information content (AvgIpc) is 3.69. The molecule has 3 aromatic heterocycles. The third-order valence-electron chi connectivity index (χ3n) is 7.61. The molecule has 4 aromatic rings. The van der Waals surface area contributed by atoms with Crippen molar-refractivity contribution in [2.75, 3.05) is 25.5 Å². The first-order chi connectivity index (χ1) is 18.5. The van der Waals surface area contributed by atoms with Crippen LogP contribution in [0.25, 0.3) is 16.9 Å². The molecule has 0 amide bonds. The van der Waals surface area contributed by atoms with Crippen LogP contribution in [0.2, 0.25) is 0 Å². The zero-order valence-corrected chi connectivity index (χ0v) is 22.1. The Bertz CT molecular complexity index is 1580. The normalized spacial score (nSPS) is 16.3. The molecule has 0 atom stereocenters. The Balaban J connectivity index is 1.41. The van der Waals surface area contributed by atoms with E-state index >= 15 is 0 Å². The molecular formula is C29H33N7O2. The molecule has 1 aliphatic carbocycles. The van der Waals surface area contributed by atoms with E-state index in [1.165, 1.54) is 24.0 Å². The number of aromatic nitrogens is 5. The van der Waals surface area contributed by atoms with Crippen LogP contribution in [-0.4, -0.2) is 49.4 Å². The fraction of sp³-hybridized carbons (Fsp3) is 0.379. The fourth-order valence-electron chi connectivity index (χ4n) is 5.41. The molecule has 1 aliphatic heterocycles. The van der Waals surface area contributed by atoms with Crippen molar-refractivity contribution < 1.29 is 4.74 Å². The molecule has 2 aliphatic rings. The van der Waals surface area contributed by atoms with Crippen LogP contribution in [0.5, 0.6) is 5.88 Å². The van der Waals surface area contributed by atoms with Gasteiger partial charge < -0.3 is 10.1 Å². The van der Waals surface area contributed by atoms with Crippen LogP contribution in [0.4, 0.5) is 11.6 Å². The van der Waals surface area contributed by atoms with Gasteiger partial charge in [0, 0.05) is 30.0 Å². The monoisotopic (exact) mass is 511 g/mol. The van der Waals surface area contributed by atoms with Gasteiger partial charge in [0.2, 0.25) is 11.8 Å². The van der Waals surface area contributed by atoms with E-state index in [1.807, 2.05) is 37.3 Å². The number of anilines is 2. The number of nitrogens with one attached hydrogen (secondary N) is 1. The Hall–Kier alpha value is -3.98. The van der Waals surface area contributed by atoms with Crippen molar-refractivity contribution in [3.63, 3.8) is 0 Å². The molecule has 1 fully saturated rings. The lowest BCUT2D eigenvalue weighted by molar-refractivity contribution is 0.208. The van der Waals surface area contributed by atoms with Crippen molar-refractivity contribution in [3.8, 4) is 11.7 Å². The number of fused-ring (bicyclic) bond motifs is 3. The third-order valence-corrected chi connectivity index (χ3v) is 7.61. The molecular weight excluding hydrogens is 478 g/mol. The SMILES string of the molecule is C/C=C\Cn1c(=O)c2cnc(Nc3ccc4c(c3)C3(CC3)N(C)CC4)nc2n1-c1cccc(OCCC)n1. The van der Waals surface area contributed by atoms with Crippen molar-refractivity contribution in [1.82, 2.24) is 29.2 Å². The molecule has 196 valence electrons. The predicted octanol–water partition coefficient (Wildman–Crippen LogP) is 4.56. The maximum atomic E-state index is 13.4. The Morgan fingerprint density at radius 1 is 1.18 bits per heavy atom. The minimum Gasteiger partial charge on any atom is -0.478 e. The number of hydrogen-bond acceptors (Lipinski definition) is 7. The highest BCUT2D eigenvalue weighted by Gasteiger charge is 2.50. The van der Waals surface area contributed by atoms with Crippen molar-refractivity contribution in [2.24, 2.45) is 0 Å². The van der Waals surface area contributed by atoms with Gasteiger partial charge in [0.05, 0.1) is 13.2 Å². The van der Waals surface area contributed by atoms with Gasteiger partial charge in [0.25, 0.3) is 5.56 Å². The summed E-state index contributed by atoms with van der Waals surface area (Å²) in [5.41, 5.74) is 4.28. The van der Waals surface area contributed by atoms with E-state index in [0.717, 1.165) is 25.1 Å². The second-order valence-electron chi connectivity index (χ2n) is 10.1. The summed E-state index contributed by atoms with van der Waals surface area (Å²) in [5.74, 6) is 1.51. The first kappa shape index (κ1) is 24.4. The average molecular weight is 512 g/mol. The van der Waals surface area contributed by atoms with E-state index in [-0.39, 0.29) is 11.1 Å². The summed E-state index contributed by atoms with van der Waals surface area (Å²) in [6.45, 7) is 6.03. The van der Waals surface area contributed by atoms with Crippen LogP contribution in [0.1, 0.15) is 44.2 Å². The first-order valence-corrected chi connectivity index (χ1v) is 13.4. The van der Waals surface area contributed by atoms with Crippen molar-refractivity contribution in [2.45, 2.75) is 51.6 Å². The zero-order valence-electron chi connectivity index (χ0n) is 22.1. The fourth-order valence-corrected chi connectivity index (χ4v) is 5.41. The maximum Gasteiger partial charge on any atom is 0.278 e. The summed E-state index contributed by atoms with van der Waals surface area (Å²) in [6, 6.07) is 12.1. The molecule has 4 heterocycles. The van der Waals surface area contributed by atoms with Crippen LogP contribution in [0, 0.1) is 0 Å². The number of likely N-dealkylation sites (N-methyl/N-ethyl adjacent to an activating group) is 1. The van der Waals surface area contributed by atoms with Crippen LogP contribution < -0.4 is 15.6 Å². The molecule has 1 saturated carbocycles. The number of allylic oxidation sites excluding steroid dienone is 2. The molecule has 6 rings (SSSR count). The predicted molar refractivity (Wildman–Crippen MR) is 148 cm³/mol. The van der Waals surface area contributed by atoms with Gasteiger partial charge in [-0.25, -0.2) is 14.3 Å². The molecule has 9 heteroatoms. The van der Waals surface area contributed by atoms with Crippen molar-refractivity contribution in [1.29, 1.82) is 0 Å².